The Bertz CT molecular complexity index is 335. The minimum Gasteiger partial charge on any atom is -0.466 e. The van der Waals surface area contributed by atoms with Gasteiger partial charge in [0, 0.05) is 19.5 Å². The molecule has 0 aromatic carbocycles. The highest BCUT2D eigenvalue weighted by atomic mass is 16.5. The van der Waals surface area contributed by atoms with Crippen LogP contribution in [0.3, 0.4) is 0 Å². The first kappa shape index (κ1) is 16.0. The molecular weight excluding hydrogens is 242 g/mol. The standard InChI is InChI=1S/C15H25NO3/c1-3-5-6-11-16-12-15(18)9-7-13(8-10-15)14(17)19-4-2/h13,16,18H,4,6-12H2,1-2H3. The fourth-order valence-electron chi connectivity index (χ4n) is 2.42. The van der Waals surface area contributed by atoms with Gasteiger partial charge in [0.15, 0.2) is 0 Å². The van der Waals surface area contributed by atoms with Gasteiger partial charge in [-0.15, -0.1) is 11.8 Å². The topological polar surface area (TPSA) is 58.6 Å². The highest BCUT2D eigenvalue weighted by Crippen LogP contribution is 2.32. The SMILES string of the molecule is CC#CCCNCC1(O)CCC(C(=O)OCC)CC1. The summed E-state index contributed by atoms with van der Waals surface area (Å²) in [4.78, 5) is 11.6. The number of carbonyl (C=O) groups is 1. The summed E-state index contributed by atoms with van der Waals surface area (Å²) in [7, 11) is 0. The lowest BCUT2D eigenvalue weighted by atomic mass is 9.79. The molecule has 0 aliphatic heterocycles. The average molecular weight is 267 g/mol. The zero-order valence-corrected chi connectivity index (χ0v) is 12.0. The van der Waals surface area contributed by atoms with E-state index in [9.17, 15) is 9.90 Å². The van der Waals surface area contributed by atoms with E-state index in [0.717, 1.165) is 13.0 Å². The Morgan fingerprint density at radius 3 is 2.74 bits per heavy atom. The number of hydrogen-bond acceptors (Lipinski definition) is 4. The number of carbonyl (C=O) groups excluding carboxylic acids is 1. The fourth-order valence-corrected chi connectivity index (χ4v) is 2.42. The van der Waals surface area contributed by atoms with Gasteiger partial charge in [0.1, 0.15) is 0 Å². The smallest absolute Gasteiger partial charge is 0.308 e. The monoisotopic (exact) mass is 267 g/mol. The maximum absolute atomic E-state index is 11.6. The molecule has 4 nitrogen and oxygen atoms in total. The van der Waals surface area contributed by atoms with E-state index in [0.29, 0.717) is 38.8 Å². The van der Waals surface area contributed by atoms with Crippen LogP contribution in [0.2, 0.25) is 0 Å². The van der Waals surface area contributed by atoms with Crippen LogP contribution in [0.25, 0.3) is 0 Å². The molecule has 108 valence electrons. The van der Waals surface area contributed by atoms with E-state index in [1.54, 1.807) is 0 Å². The predicted molar refractivity (Wildman–Crippen MR) is 74.5 cm³/mol. The maximum Gasteiger partial charge on any atom is 0.308 e. The van der Waals surface area contributed by atoms with Crippen LogP contribution in [0.15, 0.2) is 0 Å². The van der Waals surface area contributed by atoms with Gasteiger partial charge in [0.25, 0.3) is 0 Å². The summed E-state index contributed by atoms with van der Waals surface area (Å²) in [5.74, 6) is 5.67. The van der Waals surface area contributed by atoms with Gasteiger partial charge in [0.2, 0.25) is 0 Å². The molecule has 19 heavy (non-hydrogen) atoms. The molecule has 0 amide bonds. The summed E-state index contributed by atoms with van der Waals surface area (Å²) in [5.41, 5.74) is -0.678. The first-order valence-electron chi connectivity index (χ1n) is 7.10. The third-order valence-corrected chi connectivity index (χ3v) is 3.59. The van der Waals surface area contributed by atoms with Gasteiger partial charge in [-0.1, -0.05) is 0 Å². The van der Waals surface area contributed by atoms with Crippen molar-refractivity contribution in [3.05, 3.63) is 0 Å². The quantitative estimate of drug-likeness (QED) is 0.435. The lowest BCUT2D eigenvalue weighted by Crippen LogP contribution is -2.44. The predicted octanol–water partition coefficient (Wildman–Crippen LogP) is 1.47. The van der Waals surface area contributed by atoms with Crippen LogP contribution in [-0.2, 0) is 9.53 Å². The molecule has 4 heteroatoms. The molecule has 0 spiro atoms. The van der Waals surface area contributed by atoms with E-state index in [1.165, 1.54) is 0 Å². The van der Waals surface area contributed by atoms with Gasteiger partial charge in [0.05, 0.1) is 18.1 Å². The molecule has 0 bridgehead atoms. The molecule has 0 saturated heterocycles. The van der Waals surface area contributed by atoms with Crippen LogP contribution in [0, 0.1) is 17.8 Å². The Morgan fingerprint density at radius 2 is 2.16 bits per heavy atom. The van der Waals surface area contributed by atoms with Gasteiger partial charge in [-0.25, -0.2) is 0 Å². The van der Waals surface area contributed by atoms with Crippen LogP contribution in [0.5, 0.6) is 0 Å². The van der Waals surface area contributed by atoms with E-state index in [4.69, 9.17) is 4.74 Å². The van der Waals surface area contributed by atoms with Crippen molar-refractivity contribution in [3.63, 3.8) is 0 Å². The van der Waals surface area contributed by atoms with Gasteiger partial charge in [-0.3, -0.25) is 4.79 Å². The largest absolute Gasteiger partial charge is 0.466 e. The van der Waals surface area contributed by atoms with E-state index in [1.807, 2.05) is 13.8 Å². The van der Waals surface area contributed by atoms with Gasteiger partial charge < -0.3 is 15.2 Å². The van der Waals surface area contributed by atoms with Gasteiger partial charge in [-0.05, 0) is 39.5 Å². The molecule has 0 aromatic rings. The molecule has 0 unspecified atom stereocenters. The van der Waals surface area contributed by atoms with Crippen LogP contribution >= 0.6 is 0 Å². The summed E-state index contributed by atoms with van der Waals surface area (Å²) in [6.45, 7) is 5.45. The van der Waals surface area contributed by atoms with E-state index < -0.39 is 5.60 Å². The minimum atomic E-state index is -0.678. The van der Waals surface area contributed by atoms with Crippen molar-refractivity contribution >= 4 is 5.97 Å². The molecule has 0 atom stereocenters. The maximum atomic E-state index is 11.6. The molecule has 0 heterocycles. The molecular formula is C15H25NO3. The molecule has 2 N–H and O–H groups in total. The zero-order chi connectivity index (χ0) is 14.1. The highest BCUT2D eigenvalue weighted by Gasteiger charge is 2.35. The van der Waals surface area contributed by atoms with Crippen molar-refractivity contribution in [2.45, 2.75) is 51.6 Å². The zero-order valence-electron chi connectivity index (χ0n) is 12.0. The summed E-state index contributed by atoms with van der Waals surface area (Å²) in [6, 6.07) is 0. The molecule has 1 fully saturated rings. The minimum absolute atomic E-state index is 0.0359. The summed E-state index contributed by atoms with van der Waals surface area (Å²) < 4.78 is 5.02. The Labute approximate surface area is 115 Å². The second-order valence-electron chi connectivity index (χ2n) is 5.10. The molecule has 0 radical (unpaired) electrons. The van der Waals surface area contributed by atoms with E-state index in [-0.39, 0.29) is 11.9 Å². The Morgan fingerprint density at radius 1 is 1.47 bits per heavy atom. The van der Waals surface area contributed by atoms with Gasteiger partial charge >= 0.3 is 5.97 Å². The summed E-state index contributed by atoms with van der Waals surface area (Å²) in [6.07, 6.45) is 3.54. The average Bonchev–Trinajstić information content (AvgIpc) is 2.39. The Kier molecular flexibility index (Phi) is 6.90. The fraction of sp³-hybridized carbons (Fsp3) is 0.800. The lowest BCUT2D eigenvalue weighted by Gasteiger charge is -2.35. The normalized spacial score (nSPS) is 26.4. The summed E-state index contributed by atoms with van der Waals surface area (Å²) >= 11 is 0. The highest BCUT2D eigenvalue weighted by molar-refractivity contribution is 5.72. The lowest BCUT2D eigenvalue weighted by molar-refractivity contribution is -0.151. The van der Waals surface area contributed by atoms with Crippen LogP contribution < -0.4 is 5.32 Å². The summed E-state index contributed by atoms with van der Waals surface area (Å²) in [5, 5.41) is 13.6. The Balaban J connectivity index is 2.26. The van der Waals surface area contributed by atoms with Crippen molar-refractivity contribution in [1.82, 2.24) is 5.32 Å². The Hall–Kier alpha value is -1.05. The number of rotatable bonds is 6. The number of hydrogen-bond donors (Lipinski definition) is 2. The second-order valence-corrected chi connectivity index (χ2v) is 5.10. The molecule has 1 aliphatic carbocycles. The molecule has 0 aromatic heterocycles. The third kappa shape index (κ3) is 5.63. The second kappa shape index (κ2) is 8.19. The van der Waals surface area contributed by atoms with Crippen LogP contribution in [0.1, 0.15) is 46.0 Å². The van der Waals surface area contributed by atoms with Crippen LogP contribution in [-0.4, -0.2) is 36.4 Å². The van der Waals surface area contributed by atoms with Crippen molar-refractivity contribution in [1.29, 1.82) is 0 Å². The van der Waals surface area contributed by atoms with Crippen molar-refractivity contribution in [3.8, 4) is 11.8 Å². The molecule has 1 rings (SSSR count). The number of ether oxygens (including phenoxy) is 1. The molecule has 1 saturated carbocycles. The van der Waals surface area contributed by atoms with Crippen molar-refractivity contribution in [2.75, 3.05) is 19.7 Å². The van der Waals surface area contributed by atoms with E-state index in [2.05, 4.69) is 17.2 Å². The van der Waals surface area contributed by atoms with E-state index >= 15 is 0 Å². The first-order valence-corrected chi connectivity index (χ1v) is 7.10. The van der Waals surface area contributed by atoms with Gasteiger partial charge in [-0.2, -0.15) is 0 Å². The van der Waals surface area contributed by atoms with Crippen LogP contribution in [0.4, 0.5) is 0 Å². The third-order valence-electron chi connectivity index (χ3n) is 3.59. The number of nitrogens with one attached hydrogen (secondary N) is 1. The molecule has 1 aliphatic rings. The van der Waals surface area contributed by atoms with Crippen molar-refractivity contribution in [2.24, 2.45) is 5.92 Å². The first-order chi connectivity index (χ1) is 9.11. The number of esters is 1. The number of aliphatic hydroxyl groups is 1. The van der Waals surface area contributed by atoms with Crippen molar-refractivity contribution < 1.29 is 14.6 Å².